The van der Waals surface area contributed by atoms with Crippen molar-refractivity contribution in [3.8, 4) is 0 Å². The van der Waals surface area contributed by atoms with Gasteiger partial charge in [-0.3, -0.25) is 9.63 Å². The molecule has 0 aliphatic heterocycles. The first-order valence-electron chi connectivity index (χ1n) is 8.27. The molecular formula is C19H29NO2. The third kappa shape index (κ3) is 7.99. The predicted molar refractivity (Wildman–Crippen MR) is 91.4 cm³/mol. The number of allylic oxidation sites excluding steroid dienone is 1. The highest BCUT2D eigenvalue weighted by atomic mass is 16.7. The molecule has 3 heteroatoms. The summed E-state index contributed by atoms with van der Waals surface area (Å²) in [6.45, 7) is 4.33. The van der Waals surface area contributed by atoms with Gasteiger partial charge in [0.05, 0.1) is 13.7 Å². The number of benzene rings is 1. The molecule has 0 saturated heterocycles. The largest absolute Gasteiger partial charge is 0.274 e. The maximum absolute atomic E-state index is 12.1. The number of nitrogens with zero attached hydrogens (tertiary/aromatic N) is 1. The Balaban J connectivity index is 2.16. The van der Waals surface area contributed by atoms with Crippen molar-refractivity contribution in [3.05, 3.63) is 48.6 Å². The molecule has 0 fully saturated rings. The number of rotatable bonds is 12. The normalized spacial score (nSPS) is 10.4. The van der Waals surface area contributed by atoms with E-state index in [-0.39, 0.29) is 5.91 Å². The molecule has 0 aliphatic carbocycles. The standard InChI is InChI=1S/C19H29NO2/c1-3-4-5-6-7-8-12-15-19(21)20(22-2)17-16-18-13-10-9-11-14-18/h3,9-11,13-14H,1,4-8,12,15-17H2,2H3. The number of unbranched alkanes of at least 4 members (excludes halogenated alkanes) is 5. The number of amides is 1. The Hall–Kier alpha value is -1.61. The summed E-state index contributed by atoms with van der Waals surface area (Å²) in [6.07, 6.45) is 10.1. The van der Waals surface area contributed by atoms with E-state index in [1.54, 1.807) is 7.11 Å². The minimum absolute atomic E-state index is 0.0875. The lowest BCUT2D eigenvalue weighted by molar-refractivity contribution is -0.176. The molecule has 0 unspecified atom stereocenters. The fourth-order valence-electron chi connectivity index (χ4n) is 2.41. The minimum atomic E-state index is 0.0875. The zero-order chi connectivity index (χ0) is 16.0. The van der Waals surface area contributed by atoms with Crippen molar-refractivity contribution in [1.29, 1.82) is 0 Å². The van der Waals surface area contributed by atoms with Crippen molar-refractivity contribution in [2.45, 2.75) is 51.4 Å². The van der Waals surface area contributed by atoms with E-state index >= 15 is 0 Å². The maximum atomic E-state index is 12.1. The number of carbonyl (C=O) groups is 1. The highest BCUT2D eigenvalue weighted by molar-refractivity contribution is 5.75. The molecule has 3 nitrogen and oxygen atoms in total. The van der Waals surface area contributed by atoms with Gasteiger partial charge in [0.2, 0.25) is 5.91 Å². The van der Waals surface area contributed by atoms with Crippen LogP contribution in [0.4, 0.5) is 0 Å². The Labute approximate surface area is 134 Å². The van der Waals surface area contributed by atoms with Gasteiger partial charge in [-0.05, 0) is 31.2 Å². The average Bonchev–Trinajstić information content (AvgIpc) is 2.55. The summed E-state index contributed by atoms with van der Waals surface area (Å²) in [5, 5.41) is 1.49. The van der Waals surface area contributed by atoms with Gasteiger partial charge < -0.3 is 0 Å². The second-order valence-electron chi connectivity index (χ2n) is 5.51. The Morgan fingerprint density at radius 1 is 1.14 bits per heavy atom. The van der Waals surface area contributed by atoms with Gasteiger partial charge in [0.1, 0.15) is 0 Å². The van der Waals surface area contributed by atoms with Gasteiger partial charge in [-0.2, -0.15) is 0 Å². The number of carbonyl (C=O) groups excluding carboxylic acids is 1. The highest BCUT2D eigenvalue weighted by Crippen LogP contribution is 2.09. The van der Waals surface area contributed by atoms with E-state index in [1.807, 2.05) is 24.3 Å². The van der Waals surface area contributed by atoms with Crippen LogP contribution in [0.3, 0.4) is 0 Å². The fourth-order valence-corrected chi connectivity index (χ4v) is 2.41. The Bertz CT molecular complexity index is 417. The molecule has 0 saturated carbocycles. The number of hydroxylamine groups is 2. The molecule has 1 aromatic carbocycles. The van der Waals surface area contributed by atoms with E-state index in [0.29, 0.717) is 13.0 Å². The van der Waals surface area contributed by atoms with Gasteiger partial charge in [0.25, 0.3) is 0 Å². The topological polar surface area (TPSA) is 29.5 Å². The quantitative estimate of drug-likeness (QED) is 0.322. The van der Waals surface area contributed by atoms with Crippen LogP contribution in [-0.4, -0.2) is 24.6 Å². The third-order valence-corrected chi connectivity index (χ3v) is 3.74. The molecular weight excluding hydrogens is 274 g/mol. The predicted octanol–water partition coefficient (Wildman–Crippen LogP) is 4.54. The molecule has 122 valence electrons. The van der Waals surface area contributed by atoms with Crippen molar-refractivity contribution in [2.24, 2.45) is 0 Å². The van der Waals surface area contributed by atoms with Gasteiger partial charge >= 0.3 is 0 Å². The summed E-state index contributed by atoms with van der Waals surface area (Å²) in [5.41, 5.74) is 1.22. The lowest BCUT2D eigenvalue weighted by Crippen LogP contribution is -2.31. The van der Waals surface area contributed by atoms with Crippen LogP contribution in [0, 0.1) is 0 Å². The van der Waals surface area contributed by atoms with Crippen molar-refractivity contribution in [1.82, 2.24) is 5.06 Å². The monoisotopic (exact) mass is 303 g/mol. The van der Waals surface area contributed by atoms with Crippen LogP contribution < -0.4 is 0 Å². The first-order chi connectivity index (χ1) is 10.8. The van der Waals surface area contributed by atoms with E-state index in [4.69, 9.17) is 4.84 Å². The fraction of sp³-hybridized carbons (Fsp3) is 0.526. The molecule has 0 bridgehead atoms. The molecule has 0 radical (unpaired) electrons. The summed E-state index contributed by atoms with van der Waals surface area (Å²) in [5.74, 6) is 0.0875. The minimum Gasteiger partial charge on any atom is -0.274 e. The molecule has 0 N–H and O–H groups in total. The van der Waals surface area contributed by atoms with Crippen molar-refractivity contribution < 1.29 is 9.63 Å². The van der Waals surface area contributed by atoms with Crippen LogP contribution in [0.2, 0.25) is 0 Å². The lowest BCUT2D eigenvalue weighted by Gasteiger charge is -2.19. The summed E-state index contributed by atoms with van der Waals surface area (Å²) >= 11 is 0. The Morgan fingerprint density at radius 3 is 2.50 bits per heavy atom. The van der Waals surface area contributed by atoms with Crippen LogP contribution in [0.15, 0.2) is 43.0 Å². The van der Waals surface area contributed by atoms with Crippen molar-refractivity contribution >= 4 is 5.91 Å². The number of hydrogen-bond acceptors (Lipinski definition) is 2. The molecule has 0 atom stereocenters. The summed E-state index contributed by atoms with van der Waals surface area (Å²) in [4.78, 5) is 17.3. The molecule has 0 spiro atoms. The molecule has 1 amide bonds. The molecule has 0 aliphatic rings. The Kier molecular flexibility index (Phi) is 10.0. The van der Waals surface area contributed by atoms with E-state index in [9.17, 15) is 4.79 Å². The third-order valence-electron chi connectivity index (χ3n) is 3.74. The first kappa shape index (κ1) is 18.4. The van der Waals surface area contributed by atoms with E-state index in [2.05, 4.69) is 18.7 Å². The number of hydrogen-bond donors (Lipinski definition) is 0. The summed E-state index contributed by atoms with van der Waals surface area (Å²) < 4.78 is 0. The van der Waals surface area contributed by atoms with Gasteiger partial charge in [-0.25, -0.2) is 5.06 Å². The second-order valence-corrected chi connectivity index (χ2v) is 5.51. The second kappa shape index (κ2) is 12.0. The van der Waals surface area contributed by atoms with E-state index in [1.165, 1.54) is 29.9 Å². The van der Waals surface area contributed by atoms with Crippen LogP contribution in [0.5, 0.6) is 0 Å². The Morgan fingerprint density at radius 2 is 1.82 bits per heavy atom. The smallest absolute Gasteiger partial charge is 0.246 e. The van der Waals surface area contributed by atoms with Gasteiger partial charge in [0, 0.05) is 6.42 Å². The van der Waals surface area contributed by atoms with Gasteiger partial charge in [-0.15, -0.1) is 6.58 Å². The van der Waals surface area contributed by atoms with Crippen LogP contribution in [0.1, 0.15) is 50.5 Å². The van der Waals surface area contributed by atoms with Crippen molar-refractivity contribution in [3.63, 3.8) is 0 Å². The summed E-state index contributed by atoms with van der Waals surface area (Å²) in [7, 11) is 1.57. The SMILES string of the molecule is C=CCCCCCCCC(=O)N(CCc1ccccc1)OC. The maximum Gasteiger partial charge on any atom is 0.246 e. The van der Waals surface area contributed by atoms with Gasteiger partial charge in [0.15, 0.2) is 0 Å². The molecule has 0 heterocycles. The van der Waals surface area contributed by atoms with E-state index in [0.717, 1.165) is 25.7 Å². The summed E-state index contributed by atoms with van der Waals surface area (Å²) in [6, 6.07) is 10.2. The molecule has 0 aromatic heterocycles. The van der Waals surface area contributed by atoms with Crippen molar-refractivity contribution in [2.75, 3.05) is 13.7 Å². The molecule has 22 heavy (non-hydrogen) atoms. The average molecular weight is 303 g/mol. The molecule has 1 aromatic rings. The lowest BCUT2D eigenvalue weighted by atomic mass is 10.1. The first-order valence-corrected chi connectivity index (χ1v) is 8.27. The molecule has 1 rings (SSSR count). The van der Waals surface area contributed by atoms with Gasteiger partial charge in [-0.1, -0.05) is 55.7 Å². The zero-order valence-corrected chi connectivity index (χ0v) is 13.8. The zero-order valence-electron chi connectivity index (χ0n) is 13.8. The highest BCUT2D eigenvalue weighted by Gasteiger charge is 2.12. The van der Waals surface area contributed by atoms with Crippen LogP contribution >= 0.6 is 0 Å². The van der Waals surface area contributed by atoms with Crippen LogP contribution in [-0.2, 0) is 16.1 Å². The van der Waals surface area contributed by atoms with E-state index < -0.39 is 0 Å². The van der Waals surface area contributed by atoms with Crippen LogP contribution in [0.25, 0.3) is 0 Å².